The summed E-state index contributed by atoms with van der Waals surface area (Å²) in [5.74, 6) is 0. The molecule has 88 valence electrons. The van der Waals surface area contributed by atoms with E-state index in [2.05, 4.69) is 72.8 Å². The molecule has 0 saturated heterocycles. The quantitative estimate of drug-likeness (QED) is 0.610. The molecule has 0 unspecified atom stereocenters. The molecule has 0 fully saturated rings. The van der Waals surface area contributed by atoms with Crippen molar-refractivity contribution >= 4 is 17.0 Å². The maximum Gasteiger partial charge on any atom is 0.0534 e. The molecule has 3 aromatic rings. The van der Waals surface area contributed by atoms with E-state index < -0.39 is 0 Å². The third-order valence-corrected chi connectivity index (χ3v) is 3.34. The smallest absolute Gasteiger partial charge is 0.0534 e. The molecule has 0 atom stereocenters. The van der Waals surface area contributed by atoms with Gasteiger partial charge < -0.3 is 4.57 Å². The van der Waals surface area contributed by atoms with Gasteiger partial charge in [-0.1, -0.05) is 49.1 Å². The van der Waals surface area contributed by atoms with Crippen LogP contribution in [0.15, 0.2) is 61.3 Å². The van der Waals surface area contributed by atoms with Crippen molar-refractivity contribution in [2.75, 3.05) is 0 Å². The number of fused-ring (bicyclic) bond motifs is 1. The van der Waals surface area contributed by atoms with Gasteiger partial charge in [0.15, 0.2) is 0 Å². The fourth-order valence-corrected chi connectivity index (χ4v) is 2.40. The van der Waals surface area contributed by atoms with E-state index in [0.29, 0.717) is 0 Å². The summed E-state index contributed by atoms with van der Waals surface area (Å²) in [6, 6.07) is 16.9. The highest BCUT2D eigenvalue weighted by Gasteiger charge is 2.08. The summed E-state index contributed by atoms with van der Waals surface area (Å²) in [5, 5.41) is 1.25. The number of benzene rings is 2. The Morgan fingerprint density at radius 1 is 1.00 bits per heavy atom. The minimum absolute atomic E-state index is 1.17. The topological polar surface area (TPSA) is 4.93 Å². The first kappa shape index (κ1) is 10.8. The molecular weight excluding hydrogens is 218 g/mol. The zero-order valence-electron chi connectivity index (χ0n) is 10.4. The predicted molar refractivity (Wildman–Crippen MR) is 78.1 cm³/mol. The first-order valence-corrected chi connectivity index (χ1v) is 6.10. The highest BCUT2D eigenvalue weighted by atomic mass is 15.0. The summed E-state index contributed by atoms with van der Waals surface area (Å²) in [7, 11) is 0. The molecule has 0 radical (unpaired) electrons. The molecule has 1 heterocycles. The standard InChI is InChI=1S/C17H15N/c1-3-14-12-18(16-10-6-4-8-13(16)2)17-11-7-5-9-15(14)17/h3-12H,1H2,2H3. The molecule has 0 aliphatic carbocycles. The lowest BCUT2D eigenvalue weighted by atomic mass is 10.2. The molecule has 2 aromatic carbocycles. The van der Waals surface area contributed by atoms with Gasteiger partial charge in [-0.3, -0.25) is 0 Å². The van der Waals surface area contributed by atoms with Crippen LogP contribution in [0.2, 0.25) is 0 Å². The minimum Gasteiger partial charge on any atom is -0.316 e. The summed E-state index contributed by atoms with van der Waals surface area (Å²) in [5.41, 5.74) is 4.89. The Balaban J connectivity index is 2.37. The van der Waals surface area contributed by atoms with Gasteiger partial charge in [0.25, 0.3) is 0 Å². The molecule has 0 aliphatic heterocycles. The molecular formula is C17H15N. The van der Waals surface area contributed by atoms with Crippen molar-refractivity contribution in [2.24, 2.45) is 0 Å². The largest absolute Gasteiger partial charge is 0.316 e. The van der Waals surface area contributed by atoms with Gasteiger partial charge in [-0.15, -0.1) is 0 Å². The molecule has 0 amide bonds. The molecule has 0 spiro atoms. The Kier molecular flexibility index (Phi) is 2.52. The van der Waals surface area contributed by atoms with Crippen molar-refractivity contribution in [3.05, 3.63) is 72.4 Å². The normalized spacial score (nSPS) is 10.7. The minimum atomic E-state index is 1.17. The number of aryl methyl sites for hydroxylation is 1. The fraction of sp³-hybridized carbons (Fsp3) is 0.0588. The first-order valence-electron chi connectivity index (χ1n) is 6.10. The van der Waals surface area contributed by atoms with E-state index in [1.54, 1.807) is 0 Å². The summed E-state index contributed by atoms with van der Waals surface area (Å²) in [6.45, 7) is 6.03. The number of hydrogen-bond donors (Lipinski definition) is 0. The highest BCUT2D eigenvalue weighted by molar-refractivity contribution is 5.90. The number of rotatable bonds is 2. The average Bonchev–Trinajstić information content (AvgIpc) is 2.78. The summed E-state index contributed by atoms with van der Waals surface area (Å²) in [6.07, 6.45) is 4.07. The highest BCUT2D eigenvalue weighted by Crippen LogP contribution is 2.26. The second kappa shape index (κ2) is 4.19. The Bertz CT molecular complexity index is 719. The van der Waals surface area contributed by atoms with Gasteiger partial charge in [-0.25, -0.2) is 0 Å². The van der Waals surface area contributed by atoms with E-state index in [-0.39, 0.29) is 0 Å². The SMILES string of the molecule is C=Cc1cn(-c2ccccc2C)c2ccccc12. The molecule has 1 aromatic heterocycles. The monoisotopic (exact) mass is 233 g/mol. The van der Waals surface area contributed by atoms with Gasteiger partial charge in [-0.05, 0) is 30.2 Å². The van der Waals surface area contributed by atoms with Crippen molar-refractivity contribution in [2.45, 2.75) is 6.92 Å². The molecule has 0 N–H and O–H groups in total. The second-order valence-electron chi connectivity index (χ2n) is 4.46. The van der Waals surface area contributed by atoms with Crippen LogP contribution in [-0.2, 0) is 0 Å². The summed E-state index contributed by atoms with van der Waals surface area (Å²) < 4.78 is 2.24. The molecule has 0 saturated carbocycles. The van der Waals surface area contributed by atoms with E-state index in [1.807, 2.05) is 6.08 Å². The van der Waals surface area contributed by atoms with Crippen LogP contribution in [-0.4, -0.2) is 4.57 Å². The summed E-state index contributed by atoms with van der Waals surface area (Å²) >= 11 is 0. The maximum atomic E-state index is 3.90. The van der Waals surface area contributed by atoms with Crippen LogP contribution in [0, 0.1) is 6.92 Å². The van der Waals surface area contributed by atoms with E-state index >= 15 is 0 Å². The maximum absolute atomic E-state index is 3.90. The molecule has 1 heteroatoms. The Hall–Kier alpha value is -2.28. The van der Waals surface area contributed by atoms with Crippen LogP contribution in [0.5, 0.6) is 0 Å². The van der Waals surface area contributed by atoms with E-state index in [0.717, 1.165) is 0 Å². The molecule has 0 bridgehead atoms. The van der Waals surface area contributed by atoms with Crippen LogP contribution in [0.4, 0.5) is 0 Å². The van der Waals surface area contributed by atoms with Gasteiger partial charge in [-0.2, -0.15) is 0 Å². The first-order chi connectivity index (χ1) is 8.81. The lowest BCUT2D eigenvalue weighted by Crippen LogP contribution is -1.94. The predicted octanol–water partition coefficient (Wildman–Crippen LogP) is 4.58. The van der Waals surface area contributed by atoms with Gasteiger partial charge in [0.1, 0.15) is 0 Å². The number of hydrogen-bond acceptors (Lipinski definition) is 0. The number of aromatic nitrogens is 1. The Morgan fingerprint density at radius 2 is 1.72 bits per heavy atom. The van der Waals surface area contributed by atoms with Crippen LogP contribution >= 0.6 is 0 Å². The lowest BCUT2D eigenvalue weighted by molar-refractivity contribution is 1.10. The van der Waals surface area contributed by atoms with Crippen molar-refractivity contribution in [1.82, 2.24) is 4.57 Å². The van der Waals surface area contributed by atoms with Gasteiger partial charge in [0, 0.05) is 17.3 Å². The van der Waals surface area contributed by atoms with Crippen molar-refractivity contribution in [1.29, 1.82) is 0 Å². The average molecular weight is 233 g/mol. The van der Waals surface area contributed by atoms with Crippen LogP contribution < -0.4 is 0 Å². The molecule has 0 aliphatic rings. The van der Waals surface area contributed by atoms with Crippen LogP contribution in [0.25, 0.3) is 22.7 Å². The molecule has 18 heavy (non-hydrogen) atoms. The van der Waals surface area contributed by atoms with Crippen molar-refractivity contribution in [3.63, 3.8) is 0 Å². The van der Waals surface area contributed by atoms with Crippen molar-refractivity contribution < 1.29 is 0 Å². The van der Waals surface area contributed by atoms with E-state index in [1.165, 1.54) is 27.7 Å². The number of nitrogens with zero attached hydrogens (tertiary/aromatic N) is 1. The Morgan fingerprint density at radius 3 is 2.50 bits per heavy atom. The van der Waals surface area contributed by atoms with Gasteiger partial charge in [0.2, 0.25) is 0 Å². The zero-order chi connectivity index (χ0) is 12.5. The van der Waals surface area contributed by atoms with Gasteiger partial charge in [0.05, 0.1) is 5.52 Å². The van der Waals surface area contributed by atoms with E-state index in [9.17, 15) is 0 Å². The third kappa shape index (κ3) is 1.56. The summed E-state index contributed by atoms with van der Waals surface area (Å²) in [4.78, 5) is 0. The second-order valence-corrected chi connectivity index (χ2v) is 4.46. The third-order valence-electron chi connectivity index (χ3n) is 3.34. The zero-order valence-corrected chi connectivity index (χ0v) is 10.4. The van der Waals surface area contributed by atoms with Crippen molar-refractivity contribution in [3.8, 4) is 5.69 Å². The molecule has 1 nitrogen and oxygen atoms in total. The molecule has 3 rings (SSSR count). The van der Waals surface area contributed by atoms with E-state index in [4.69, 9.17) is 0 Å². The van der Waals surface area contributed by atoms with Gasteiger partial charge >= 0.3 is 0 Å². The lowest BCUT2D eigenvalue weighted by Gasteiger charge is -2.08. The van der Waals surface area contributed by atoms with Crippen LogP contribution in [0.1, 0.15) is 11.1 Å². The Labute approximate surface area is 107 Å². The number of para-hydroxylation sites is 2. The fourth-order valence-electron chi connectivity index (χ4n) is 2.40. The van der Waals surface area contributed by atoms with Crippen LogP contribution in [0.3, 0.4) is 0 Å².